The van der Waals surface area contributed by atoms with Gasteiger partial charge in [-0.1, -0.05) is 11.6 Å². The van der Waals surface area contributed by atoms with Crippen LogP contribution < -0.4 is 10.1 Å². The van der Waals surface area contributed by atoms with Gasteiger partial charge in [-0.3, -0.25) is 4.79 Å². The molecule has 1 atom stereocenters. The van der Waals surface area contributed by atoms with Crippen molar-refractivity contribution in [2.45, 2.75) is 25.3 Å². The van der Waals surface area contributed by atoms with E-state index in [-0.39, 0.29) is 23.3 Å². The summed E-state index contributed by atoms with van der Waals surface area (Å²) >= 11 is 5.78. The Bertz CT molecular complexity index is 569. The van der Waals surface area contributed by atoms with Crippen LogP contribution in [0.3, 0.4) is 0 Å². The standard InChI is InChI=1S/C14H14ClFN2O2/c1-14(8-17,9-2-3-9)18-13(19)7-20-12-5-4-10(16)6-11(12)15/h4-6,9H,2-3,7H2,1H3,(H,18,19)/t14-/m1/s1. The largest absolute Gasteiger partial charge is 0.482 e. The summed E-state index contributed by atoms with van der Waals surface area (Å²) in [5.74, 6) is -0.446. The predicted octanol–water partition coefficient (Wildman–Crippen LogP) is 2.67. The summed E-state index contributed by atoms with van der Waals surface area (Å²) in [6, 6.07) is 5.79. The Hall–Kier alpha value is -1.80. The van der Waals surface area contributed by atoms with Crippen molar-refractivity contribution in [1.82, 2.24) is 5.32 Å². The Morgan fingerprint density at radius 1 is 1.65 bits per heavy atom. The van der Waals surface area contributed by atoms with Crippen molar-refractivity contribution in [3.63, 3.8) is 0 Å². The van der Waals surface area contributed by atoms with Gasteiger partial charge in [0.15, 0.2) is 6.61 Å². The molecule has 1 N–H and O–H groups in total. The van der Waals surface area contributed by atoms with Crippen LogP contribution in [-0.2, 0) is 4.79 Å². The zero-order valence-electron chi connectivity index (χ0n) is 11.0. The number of hydrogen-bond acceptors (Lipinski definition) is 3. The van der Waals surface area contributed by atoms with Crippen molar-refractivity contribution >= 4 is 17.5 Å². The summed E-state index contributed by atoms with van der Waals surface area (Å²) < 4.78 is 18.1. The van der Waals surface area contributed by atoms with Gasteiger partial charge < -0.3 is 10.1 Å². The first-order chi connectivity index (χ1) is 9.44. The fourth-order valence-electron chi connectivity index (χ4n) is 1.94. The highest BCUT2D eigenvalue weighted by molar-refractivity contribution is 6.32. The number of rotatable bonds is 5. The van der Waals surface area contributed by atoms with Crippen molar-refractivity contribution in [2.24, 2.45) is 5.92 Å². The summed E-state index contributed by atoms with van der Waals surface area (Å²) in [6.07, 6.45) is 1.88. The highest BCUT2D eigenvalue weighted by atomic mass is 35.5. The number of amides is 1. The van der Waals surface area contributed by atoms with Crippen LogP contribution in [0.2, 0.25) is 5.02 Å². The zero-order valence-corrected chi connectivity index (χ0v) is 11.7. The van der Waals surface area contributed by atoms with Gasteiger partial charge in [-0.2, -0.15) is 5.26 Å². The molecule has 6 heteroatoms. The van der Waals surface area contributed by atoms with Crippen LogP contribution in [0, 0.1) is 23.1 Å². The van der Waals surface area contributed by atoms with Crippen molar-refractivity contribution in [3.8, 4) is 11.8 Å². The average Bonchev–Trinajstić information content (AvgIpc) is 3.22. The van der Waals surface area contributed by atoms with Gasteiger partial charge in [0.05, 0.1) is 11.1 Å². The molecule has 0 bridgehead atoms. The van der Waals surface area contributed by atoms with Crippen molar-refractivity contribution < 1.29 is 13.9 Å². The molecule has 1 aliphatic carbocycles. The highest BCUT2D eigenvalue weighted by Gasteiger charge is 2.43. The summed E-state index contributed by atoms with van der Waals surface area (Å²) in [7, 11) is 0. The Kier molecular flexibility index (Phi) is 4.15. The zero-order chi connectivity index (χ0) is 14.8. The summed E-state index contributed by atoms with van der Waals surface area (Å²) in [5, 5.41) is 11.9. The van der Waals surface area contributed by atoms with Gasteiger partial charge in [0, 0.05) is 0 Å². The molecule has 0 spiro atoms. The number of hydrogen-bond donors (Lipinski definition) is 1. The first-order valence-electron chi connectivity index (χ1n) is 6.25. The van der Waals surface area contributed by atoms with Gasteiger partial charge in [-0.25, -0.2) is 4.39 Å². The molecule has 0 unspecified atom stereocenters. The second-order valence-electron chi connectivity index (χ2n) is 5.00. The molecule has 2 rings (SSSR count). The van der Waals surface area contributed by atoms with E-state index in [1.165, 1.54) is 12.1 Å². The van der Waals surface area contributed by atoms with Crippen molar-refractivity contribution in [3.05, 3.63) is 29.0 Å². The van der Waals surface area contributed by atoms with Crippen LogP contribution in [-0.4, -0.2) is 18.1 Å². The molecule has 106 valence electrons. The van der Waals surface area contributed by atoms with Crippen LogP contribution in [0.25, 0.3) is 0 Å². The number of carbonyl (C=O) groups is 1. The molecule has 1 aromatic rings. The number of nitrogens with zero attached hydrogens (tertiary/aromatic N) is 1. The predicted molar refractivity (Wildman–Crippen MR) is 71.8 cm³/mol. The second-order valence-corrected chi connectivity index (χ2v) is 5.41. The minimum atomic E-state index is -0.854. The van der Waals surface area contributed by atoms with E-state index in [0.717, 1.165) is 18.9 Å². The van der Waals surface area contributed by atoms with Gasteiger partial charge in [0.2, 0.25) is 0 Å². The Labute approximate surface area is 121 Å². The molecule has 1 amide bonds. The summed E-state index contributed by atoms with van der Waals surface area (Å²) in [5.41, 5.74) is -0.854. The Morgan fingerprint density at radius 3 is 2.90 bits per heavy atom. The Balaban J connectivity index is 1.90. The first-order valence-corrected chi connectivity index (χ1v) is 6.62. The number of benzene rings is 1. The van der Waals surface area contributed by atoms with Gasteiger partial charge in [-0.05, 0) is 43.9 Å². The van der Waals surface area contributed by atoms with Crippen LogP contribution in [0.15, 0.2) is 18.2 Å². The van der Waals surface area contributed by atoms with E-state index < -0.39 is 17.3 Å². The minimum absolute atomic E-state index is 0.100. The summed E-state index contributed by atoms with van der Waals surface area (Å²) in [6.45, 7) is 1.43. The van der Waals surface area contributed by atoms with E-state index in [1.54, 1.807) is 6.92 Å². The molecule has 1 aromatic carbocycles. The van der Waals surface area contributed by atoms with E-state index >= 15 is 0 Å². The monoisotopic (exact) mass is 296 g/mol. The van der Waals surface area contributed by atoms with Gasteiger partial charge >= 0.3 is 0 Å². The average molecular weight is 297 g/mol. The van der Waals surface area contributed by atoms with Crippen molar-refractivity contribution in [1.29, 1.82) is 5.26 Å². The van der Waals surface area contributed by atoms with E-state index in [2.05, 4.69) is 11.4 Å². The van der Waals surface area contributed by atoms with E-state index in [4.69, 9.17) is 21.6 Å². The molecule has 0 aromatic heterocycles. The molecule has 20 heavy (non-hydrogen) atoms. The number of carbonyl (C=O) groups excluding carboxylic acids is 1. The first kappa shape index (κ1) is 14.6. The third kappa shape index (κ3) is 3.40. The van der Waals surface area contributed by atoms with E-state index in [0.29, 0.717) is 0 Å². The minimum Gasteiger partial charge on any atom is -0.482 e. The lowest BCUT2D eigenvalue weighted by Crippen LogP contribution is -2.48. The third-order valence-electron chi connectivity index (χ3n) is 3.28. The van der Waals surface area contributed by atoms with Crippen LogP contribution in [0.1, 0.15) is 19.8 Å². The van der Waals surface area contributed by atoms with Gasteiger partial charge in [0.25, 0.3) is 5.91 Å². The lowest BCUT2D eigenvalue weighted by Gasteiger charge is -2.22. The molecule has 0 radical (unpaired) electrons. The van der Waals surface area contributed by atoms with Crippen LogP contribution in [0.5, 0.6) is 5.75 Å². The number of nitrogens with one attached hydrogen (secondary N) is 1. The molecule has 1 aliphatic rings. The smallest absolute Gasteiger partial charge is 0.259 e. The maximum absolute atomic E-state index is 12.9. The molecule has 0 heterocycles. The van der Waals surface area contributed by atoms with Crippen LogP contribution >= 0.6 is 11.6 Å². The van der Waals surface area contributed by atoms with Gasteiger partial charge in [0.1, 0.15) is 17.1 Å². The van der Waals surface area contributed by atoms with E-state index in [1.807, 2.05) is 0 Å². The molecule has 0 aliphatic heterocycles. The highest BCUT2D eigenvalue weighted by Crippen LogP contribution is 2.39. The molecular weight excluding hydrogens is 283 g/mol. The molecule has 1 saturated carbocycles. The Morgan fingerprint density at radius 2 is 2.35 bits per heavy atom. The fourth-order valence-corrected chi connectivity index (χ4v) is 2.17. The topological polar surface area (TPSA) is 62.1 Å². The third-order valence-corrected chi connectivity index (χ3v) is 3.57. The van der Waals surface area contributed by atoms with E-state index in [9.17, 15) is 9.18 Å². The SMILES string of the molecule is C[C@](C#N)(NC(=O)COc1ccc(F)cc1Cl)C1CC1. The quantitative estimate of drug-likeness (QED) is 0.908. The fraction of sp³-hybridized carbons (Fsp3) is 0.429. The molecule has 4 nitrogen and oxygen atoms in total. The van der Waals surface area contributed by atoms with Crippen molar-refractivity contribution in [2.75, 3.05) is 6.61 Å². The summed E-state index contributed by atoms with van der Waals surface area (Å²) in [4.78, 5) is 11.8. The second kappa shape index (κ2) is 5.68. The number of halogens is 2. The lowest BCUT2D eigenvalue weighted by molar-refractivity contribution is -0.124. The normalized spacial score (nSPS) is 16.9. The van der Waals surface area contributed by atoms with Gasteiger partial charge in [-0.15, -0.1) is 0 Å². The number of nitriles is 1. The maximum atomic E-state index is 12.9. The maximum Gasteiger partial charge on any atom is 0.259 e. The molecule has 1 fully saturated rings. The van der Waals surface area contributed by atoms with Crippen LogP contribution in [0.4, 0.5) is 4.39 Å². The number of ether oxygens (including phenoxy) is 1. The lowest BCUT2D eigenvalue weighted by atomic mass is 9.98. The molecule has 0 saturated heterocycles. The molecular formula is C14H14ClFN2O2.